The van der Waals surface area contributed by atoms with Crippen molar-refractivity contribution < 1.29 is 66.2 Å². The molecule has 2 fully saturated rings. The van der Waals surface area contributed by atoms with Crippen LogP contribution in [0.4, 0.5) is 4.39 Å². The molecule has 634 valence electrons. The van der Waals surface area contributed by atoms with E-state index < -0.39 is 147 Å². The highest BCUT2D eigenvalue weighted by molar-refractivity contribution is 7.92. The maximum absolute atomic E-state index is 15.6. The molecule has 0 spiro atoms. The molecule has 2 aromatic heterocycles. The van der Waals surface area contributed by atoms with Crippen LogP contribution >= 0.6 is 0 Å². The zero-order valence-corrected chi connectivity index (χ0v) is 69.0. The van der Waals surface area contributed by atoms with E-state index in [9.17, 15) is 42.2 Å². The number of fused-ring (bicyclic) bond motifs is 3. The topological polar surface area (TPSA) is 402 Å². The van der Waals surface area contributed by atoms with Crippen LogP contribution in [0.15, 0.2) is 169 Å². The highest BCUT2D eigenvalue weighted by atomic mass is 32.2. The SMILES string of the molecule is C[C@@H](O)[C@@H]1NC(=O)[C@H](CCCCN)CC(=O)[C@@H](Cc2c[nH]c3ccccc23)NC(=O)[C@H](Cc2ccccc2)CC(=O)[C@H](Cc2ccccc2)NC(=O)[C@H](CCCN=C(N)N)CC(=O)[C@H](NC[C@@H](CC(=O)CS(=O)(=O)C[C@@H]2C[C@@H]3c4cccc5[nH]cc(c45)C[C@H]3N(C)C2)Cc2ccc(O)cc2)CCCCCC(=O)[C@H](Cc2ccc(F)cc2)CC1=O. The predicted octanol–water partition coefficient (Wildman–Crippen LogP) is 9.47. The third-order valence-electron chi connectivity index (χ3n) is 24.1. The minimum absolute atomic E-state index is 0.000289. The number of aliphatic imine (C=N–C) groups is 1. The van der Waals surface area contributed by atoms with Crippen LogP contribution in [0.1, 0.15) is 155 Å². The molecular formula is C93H116FN11O13S. The number of likely N-dealkylation sites (N-methyl/N-ethyl adjacent to an activating group) is 1. The summed E-state index contributed by atoms with van der Waals surface area (Å²) in [4.78, 5) is 150. The Bertz CT molecular complexity index is 4940. The van der Waals surface area contributed by atoms with Crippen LogP contribution in [0.25, 0.3) is 21.8 Å². The monoisotopic (exact) mass is 1650 g/mol. The largest absolute Gasteiger partial charge is 0.508 e. The summed E-state index contributed by atoms with van der Waals surface area (Å²) in [6.45, 7) is 2.20. The smallest absolute Gasteiger partial charge is 0.224 e. The number of phenols is 1. The Labute approximate surface area is 696 Å². The Kier molecular flexibility index (Phi) is 32.3. The van der Waals surface area contributed by atoms with Crippen molar-refractivity contribution in [1.29, 1.82) is 0 Å². The van der Waals surface area contributed by atoms with Gasteiger partial charge in [-0.2, -0.15) is 0 Å². The molecule has 8 aromatic rings. The van der Waals surface area contributed by atoms with Crippen molar-refractivity contribution in [2.24, 2.45) is 57.7 Å². The molecule has 0 unspecified atom stereocenters. The number of Topliss-reactive ketones (excluding diaryl/α,β-unsaturated/α-hetero) is 6. The van der Waals surface area contributed by atoms with Crippen molar-refractivity contribution in [3.05, 3.63) is 209 Å². The first-order valence-electron chi connectivity index (χ1n) is 42.1. The number of nitrogens with zero attached hydrogens (tertiary/aromatic N) is 2. The zero-order valence-electron chi connectivity index (χ0n) is 68.2. The molecule has 4 heterocycles. The minimum Gasteiger partial charge on any atom is -0.508 e. The number of aliphatic hydroxyl groups is 1. The van der Waals surface area contributed by atoms with E-state index >= 15 is 24.0 Å². The van der Waals surface area contributed by atoms with Gasteiger partial charge in [0.2, 0.25) is 17.7 Å². The predicted molar refractivity (Wildman–Crippen MR) is 458 cm³/mol. The van der Waals surface area contributed by atoms with Crippen molar-refractivity contribution in [1.82, 2.24) is 36.1 Å². The average Bonchev–Trinajstić information content (AvgIpc) is 1.66. The summed E-state index contributed by atoms with van der Waals surface area (Å²) < 4.78 is 43.3. The molecule has 13 atom stereocenters. The summed E-state index contributed by atoms with van der Waals surface area (Å²) in [5.41, 5.74) is 25.1. The highest BCUT2D eigenvalue weighted by Crippen LogP contribution is 2.45. The third-order valence-corrected chi connectivity index (χ3v) is 25.9. The van der Waals surface area contributed by atoms with E-state index in [-0.39, 0.29) is 144 Å². The Morgan fingerprint density at radius 1 is 0.622 bits per heavy atom. The van der Waals surface area contributed by atoms with E-state index in [1.165, 1.54) is 59.8 Å². The number of aromatic nitrogens is 2. The highest BCUT2D eigenvalue weighted by Gasteiger charge is 2.42. The lowest BCUT2D eigenvalue weighted by atomic mass is 9.73. The van der Waals surface area contributed by atoms with Crippen LogP contribution in [0, 0.1) is 41.3 Å². The lowest BCUT2D eigenvalue weighted by molar-refractivity contribution is -0.136. The van der Waals surface area contributed by atoms with Gasteiger partial charge < -0.3 is 63.5 Å². The van der Waals surface area contributed by atoms with Gasteiger partial charge >= 0.3 is 0 Å². The number of piperidine rings is 1. The Morgan fingerprint density at radius 3 is 1.92 bits per heavy atom. The first-order valence-corrected chi connectivity index (χ1v) is 43.9. The second-order valence-electron chi connectivity index (χ2n) is 33.4. The van der Waals surface area contributed by atoms with Crippen LogP contribution in [-0.4, -0.2) is 173 Å². The van der Waals surface area contributed by atoms with Crippen LogP contribution < -0.4 is 38.5 Å². The quantitative estimate of drug-likeness (QED) is 0.0123. The normalized spacial score (nSPS) is 23.4. The minimum atomic E-state index is -3.98. The van der Waals surface area contributed by atoms with Gasteiger partial charge in [-0.3, -0.25) is 48.1 Å². The molecular weight excluding hydrogens is 1530 g/mol. The standard InChI is InChI=1S/C93H116FN11O13S/c1-58(106)89-87(113)50-67(41-62-30-34-71(94)35-31-62)83(109)29-11-5-10-27-78(99-52-63(40-61-32-36-72(107)37-33-61)43-73(108)57-119(117,118)56-64-44-76-75-25-16-28-79-88(75)70(54-101-79)47-82(76)105(2)55-64)84(110)48-66(23-17-39-98-93(96)97)90(114)102-80(45-60-20-8-4-9-21-60)86(112)51-68(42-59-18-6-3-7-19-59)92(116)103-81(46-69-53-100-77-26-13-12-24-74(69)77)85(111)49-65(91(115)104-89)22-14-15-38-95/h3-4,6-9,12-13,16,18-21,24-26,28,30-37,53-54,58,63-68,76,78,80-82,89,99-101,106-107H,5,10-11,14-15,17,22-23,27,29,38-52,55-57,95H2,1-2H3,(H,102,114)(H,103,116)(H,104,115)(H4,96,97,98)/t58-,63-,64-,65-,66-,67-,68-,76-,78-,80+,81-,82-,89+/m1/s1. The van der Waals surface area contributed by atoms with Crippen LogP contribution in [0.5, 0.6) is 5.75 Å². The Hall–Kier alpha value is -10.4. The summed E-state index contributed by atoms with van der Waals surface area (Å²) in [6.07, 6.45) is 4.16. The molecule has 6 aromatic carbocycles. The lowest BCUT2D eigenvalue weighted by Crippen LogP contribution is -2.51. The van der Waals surface area contributed by atoms with E-state index in [2.05, 4.69) is 53.4 Å². The summed E-state index contributed by atoms with van der Waals surface area (Å²) >= 11 is 0. The maximum atomic E-state index is 15.6. The average molecular weight is 1650 g/mol. The number of carbonyl (C=O) groups excluding carboxylic acids is 9. The number of unbranched alkanes of at least 4 members (excludes halogenated alkanes) is 1. The third kappa shape index (κ3) is 25.8. The number of likely N-dealkylation sites (tertiary alicyclic amines) is 1. The number of guanidine groups is 1. The number of hydrogen-bond donors (Lipinski definition) is 11. The van der Waals surface area contributed by atoms with Gasteiger partial charge in [-0.05, 0) is 191 Å². The number of nitrogens with one attached hydrogen (secondary N) is 6. The number of para-hydroxylation sites is 1. The number of carbonyl (C=O) groups is 9. The van der Waals surface area contributed by atoms with Gasteiger partial charge in [-0.1, -0.05) is 135 Å². The molecule has 11 rings (SSSR count). The van der Waals surface area contributed by atoms with Gasteiger partial charge in [0.1, 0.15) is 34.9 Å². The number of aromatic hydroxyl groups is 1. The number of benzene rings is 6. The number of aromatic amines is 2. The van der Waals surface area contributed by atoms with Gasteiger partial charge in [-0.15, -0.1) is 0 Å². The first-order chi connectivity index (χ1) is 57.2. The number of H-pyrrole nitrogens is 2. The van der Waals surface area contributed by atoms with Gasteiger partial charge in [0.05, 0.1) is 30.0 Å². The van der Waals surface area contributed by atoms with Crippen LogP contribution in [0.2, 0.25) is 0 Å². The van der Waals surface area contributed by atoms with E-state index in [1.54, 1.807) is 60.8 Å². The van der Waals surface area contributed by atoms with Crippen molar-refractivity contribution in [3.63, 3.8) is 0 Å². The molecule has 119 heavy (non-hydrogen) atoms. The number of amides is 3. The Balaban J connectivity index is 0.919. The fourth-order valence-electron chi connectivity index (χ4n) is 17.9. The van der Waals surface area contributed by atoms with Gasteiger partial charge in [-0.25, -0.2) is 12.8 Å². The fourth-order valence-corrected chi connectivity index (χ4v) is 19.6. The number of halogens is 1. The fraction of sp³-hybridized carbons (Fsp3) is 0.462. The van der Waals surface area contributed by atoms with Crippen molar-refractivity contribution in [2.75, 3.05) is 44.7 Å². The first kappa shape index (κ1) is 89.4. The summed E-state index contributed by atoms with van der Waals surface area (Å²) in [7, 11) is -1.95. The number of ketones is 6. The van der Waals surface area contributed by atoms with Gasteiger partial charge in [0.15, 0.2) is 38.9 Å². The van der Waals surface area contributed by atoms with Gasteiger partial charge in [0.25, 0.3) is 0 Å². The molecule has 14 N–H and O–H groups in total. The molecule has 26 heteroatoms. The maximum Gasteiger partial charge on any atom is 0.224 e. The summed E-state index contributed by atoms with van der Waals surface area (Å²) in [5.74, 6) is -12.0. The molecule has 0 radical (unpaired) electrons. The van der Waals surface area contributed by atoms with Crippen LogP contribution in [0.3, 0.4) is 0 Å². The van der Waals surface area contributed by atoms with Gasteiger partial charge in [0, 0.05) is 128 Å². The molecule has 3 amide bonds. The molecule has 0 saturated carbocycles. The molecule has 2 saturated heterocycles. The number of rotatable bonds is 28. The van der Waals surface area contributed by atoms with Crippen molar-refractivity contribution >= 4 is 90.0 Å². The second kappa shape index (κ2) is 43.0. The van der Waals surface area contributed by atoms with E-state index in [0.717, 1.165) is 28.4 Å². The molecule has 2 aliphatic heterocycles. The second-order valence-corrected chi connectivity index (χ2v) is 35.5. The van der Waals surface area contributed by atoms with Crippen LogP contribution in [-0.2, 0) is 91.5 Å². The molecule has 3 aliphatic rings. The molecule has 0 bridgehead atoms. The van der Waals surface area contributed by atoms with Crippen molar-refractivity contribution in [3.8, 4) is 5.75 Å². The lowest BCUT2D eigenvalue weighted by Gasteiger charge is -2.45. The van der Waals surface area contributed by atoms with Crippen molar-refractivity contribution in [2.45, 2.75) is 190 Å². The number of nitrogens with two attached hydrogens (primary N) is 3. The molecule has 24 nitrogen and oxygen atoms in total. The summed E-state index contributed by atoms with van der Waals surface area (Å²) in [6, 6.07) is 38.5. The number of sulfone groups is 1. The number of aliphatic hydroxyl groups excluding tert-OH is 1. The summed E-state index contributed by atoms with van der Waals surface area (Å²) in [5, 5.41) is 36.1. The number of hydrogen-bond acceptors (Lipinski definition) is 17. The zero-order chi connectivity index (χ0) is 84.7. The Morgan fingerprint density at radius 2 is 1.22 bits per heavy atom. The molecule has 1 aliphatic carbocycles. The van der Waals surface area contributed by atoms with E-state index in [1.807, 2.05) is 61.6 Å². The number of phenolic OH excluding ortho intramolecular Hbond substituents is 1. The van der Waals surface area contributed by atoms with E-state index in [0.29, 0.717) is 60.9 Å². The van der Waals surface area contributed by atoms with E-state index in [4.69, 9.17) is 17.2 Å².